The Morgan fingerprint density at radius 1 is 1.27 bits per heavy atom. The van der Waals surface area contributed by atoms with Gasteiger partial charge in [-0.25, -0.2) is 0 Å². The second-order valence-corrected chi connectivity index (χ2v) is 6.39. The van der Waals surface area contributed by atoms with Gasteiger partial charge in [-0.05, 0) is 32.9 Å². The zero-order valence-electron chi connectivity index (χ0n) is 13.6. The molecule has 0 aromatic carbocycles. The van der Waals surface area contributed by atoms with Crippen LogP contribution in [0.4, 0.5) is 5.82 Å². The number of nitrogens with one attached hydrogen (secondary N) is 2. The summed E-state index contributed by atoms with van der Waals surface area (Å²) in [5.41, 5.74) is 0.0436. The van der Waals surface area contributed by atoms with Gasteiger partial charge in [-0.1, -0.05) is 0 Å². The van der Waals surface area contributed by atoms with Crippen molar-refractivity contribution in [3.8, 4) is 0 Å². The first-order valence-electron chi connectivity index (χ1n) is 7.64. The quantitative estimate of drug-likeness (QED) is 0.836. The normalized spacial score (nSPS) is 16.3. The molecule has 7 nitrogen and oxygen atoms in total. The summed E-state index contributed by atoms with van der Waals surface area (Å²) in [6.45, 7) is 11.1. The van der Waals surface area contributed by atoms with Crippen molar-refractivity contribution in [2.45, 2.75) is 26.3 Å². The van der Waals surface area contributed by atoms with Crippen LogP contribution < -0.4 is 10.6 Å². The van der Waals surface area contributed by atoms with Crippen LogP contribution in [0, 0.1) is 0 Å². The molecule has 1 amide bonds. The maximum absolute atomic E-state index is 11.9. The molecule has 0 atom stereocenters. The molecule has 122 valence electrons. The van der Waals surface area contributed by atoms with Crippen molar-refractivity contribution >= 4 is 11.7 Å². The largest absolute Gasteiger partial charge is 0.379 e. The second kappa shape index (κ2) is 7.51. The van der Waals surface area contributed by atoms with Gasteiger partial charge in [0.15, 0.2) is 5.69 Å². The van der Waals surface area contributed by atoms with Crippen LogP contribution in [-0.2, 0) is 4.74 Å². The van der Waals surface area contributed by atoms with Crippen LogP contribution in [0.1, 0.15) is 31.3 Å². The lowest BCUT2D eigenvalue weighted by Gasteiger charge is -2.26. The molecule has 2 heterocycles. The fourth-order valence-electron chi connectivity index (χ4n) is 2.12. The van der Waals surface area contributed by atoms with Crippen molar-refractivity contribution in [2.75, 3.05) is 44.7 Å². The summed E-state index contributed by atoms with van der Waals surface area (Å²) in [4.78, 5) is 14.3. The van der Waals surface area contributed by atoms with Gasteiger partial charge in [0.1, 0.15) is 5.82 Å². The van der Waals surface area contributed by atoms with Gasteiger partial charge in [-0.2, -0.15) is 0 Å². The Kier molecular flexibility index (Phi) is 5.68. The van der Waals surface area contributed by atoms with E-state index in [-0.39, 0.29) is 11.4 Å². The van der Waals surface area contributed by atoms with E-state index in [1.165, 1.54) is 0 Å². The number of hydrogen-bond donors (Lipinski definition) is 2. The van der Waals surface area contributed by atoms with Crippen molar-refractivity contribution in [1.82, 2.24) is 20.4 Å². The Labute approximate surface area is 131 Å². The molecular formula is C15H25N5O2. The van der Waals surface area contributed by atoms with E-state index >= 15 is 0 Å². The van der Waals surface area contributed by atoms with E-state index in [0.717, 1.165) is 39.4 Å². The van der Waals surface area contributed by atoms with Crippen LogP contribution in [0.3, 0.4) is 0 Å². The Bertz CT molecular complexity index is 478. The first-order chi connectivity index (χ1) is 10.4. The van der Waals surface area contributed by atoms with Crippen molar-refractivity contribution in [2.24, 2.45) is 0 Å². The number of nitrogens with zero attached hydrogens (tertiary/aromatic N) is 3. The van der Waals surface area contributed by atoms with Gasteiger partial charge >= 0.3 is 0 Å². The third-order valence-electron chi connectivity index (χ3n) is 3.22. The standard InChI is InChI=1S/C15H25N5O2/c1-15(2,3)17-14(21)12-4-5-13(19-18-12)16-6-7-20-8-10-22-11-9-20/h4-5H,6-11H2,1-3H3,(H,16,19)(H,17,21). The average molecular weight is 307 g/mol. The molecule has 7 heteroatoms. The summed E-state index contributed by atoms with van der Waals surface area (Å²) in [6, 6.07) is 3.47. The van der Waals surface area contributed by atoms with Crippen LogP contribution in [-0.4, -0.2) is 65.9 Å². The van der Waals surface area contributed by atoms with Crippen molar-refractivity contribution in [3.05, 3.63) is 17.8 Å². The summed E-state index contributed by atoms with van der Waals surface area (Å²) in [7, 11) is 0. The third kappa shape index (κ3) is 5.57. The van der Waals surface area contributed by atoms with E-state index in [1.54, 1.807) is 12.1 Å². The predicted octanol–water partition coefficient (Wildman–Crippen LogP) is 0.749. The van der Waals surface area contributed by atoms with E-state index in [4.69, 9.17) is 4.74 Å². The van der Waals surface area contributed by atoms with Gasteiger partial charge in [0, 0.05) is 31.7 Å². The van der Waals surface area contributed by atoms with Gasteiger partial charge in [0.05, 0.1) is 13.2 Å². The molecule has 1 fully saturated rings. The first-order valence-corrected chi connectivity index (χ1v) is 7.64. The van der Waals surface area contributed by atoms with Crippen LogP contribution in [0.2, 0.25) is 0 Å². The smallest absolute Gasteiger partial charge is 0.272 e. The topological polar surface area (TPSA) is 79.4 Å². The summed E-state index contributed by atoms with van der Waals surface area (Å²) in [6.07, 6.45) is 0. The molecule has 0 radical (unpaired) electrons. The summed E-state index contributed by atoms with van der Waals surface area (Å²) in [5.74, 6) is 0.473. The first kappa shape index (κ1) is 16.6. The minimum atomic E-state index is -0.284. The number of rotatable bonds is 5. The van der Waals surface area contributed by atoms with Gasteiger partial charge in [0.2, 0.25) is 0 Å². The lowest BCUT2D eigenvalue weighted by molar-refractivity contribution is 0.0398. The van der Waals surface area contributed by atoms with Crippen LogP contribution >= 0.6 is 0 Å². The Balaban J connectivity index is 1.77. The highest BCUT2D eigenvalue weighted by molar-refractivity contribution is 5.92. The number of carbonyl (C=O) groups excluding carboxylic acids is 1. The zero-order chi connectivity index (χ0) is 16.0. The fourth-order valence-corrected chi connectivity index (χ4v) is 2.12. The molecule has 2 N–H and O–H groups in total. The Morgan fingerprint density at radius 3 is 2.59 bits per heavy atom. The Morgan fingerprint density at radius 2 is 2.00 bits per heavy atom. The van der Waals surface area contributed by atoms with E-state index in [1.807, 2.05) is 20.8 Å². The number of aromatic nitrogens is 2. The maximum Gasteiger partial charge on any atom is 0.272 e. The second-order valence-electron chi connectivity index (χ2n) is 6.39. The fraction of sp³-hybridized carbons (Fsp3) is 0.667. The van der Waals surface area contributed by atoms with Gasteiger partial charge in [0.25, 0.3) is 5.91 Å². The molecule has 1 aliphatic heterocycles. The number of hydrogen-bond acceptors (Lipinski definition) is 6. The van der Waals surface area contributed by atoms with Gasteiger partial charge in [-0.15, -0.1) is 10.2 Å². The van der Waals surface area contributed by atoms with Crippen LogP contribution in [0.25, 0.3) is 0 Å². The van der Waals surface area contributed by atoms with Crippen LogP contribution in [0.5, 0.6) is 0 Å². The summed E-state index contributed by atoms with van der Waals surface area (Å²) in [5, 5.41) is 14.1. The van der Waals surface area contributed by atoms with E-state index in [2.05, 4.69) is 25.7 Å². The van der Waals surface area contributed by atoms with Crippen molar-refractivity contribution in [1.29, 1.82) is 0 Å². The molecule has 0 aliphatic carbocycles. The molecule has 1 aromatic heterocycles. The highest BCUT2D eigenvalue weighted by Crippen LogP contribution is 2.05. The molecule has 0 spiro atoms. The maximum atomic E-state index is 11.9. The zero-order valence-corrected chi connectivity index (χ0v) is 13.6. The van der Waals surface area contributed by atoms with E-state index < -0.39 is 0 Å². The molecule has 1 saturated heterocycles. The van der Waals surface area contributed by atoms with E-state index in [9.17, 15) is 4.79 Å². The minimum absolute atomic E-state index is 0.208. The number of carbonyl (C=O) groups is 1. The number of morpholine rings is 1. The molecule has 1 aromatic rings. The van der Waals surface area contributed by atoms with Crippen molar-refractivity contribution < 1.29 is 9.53 Å². The van der Waals surface area contributed by atoms with Gasteiger partial charge in [-0.3, -0.25) is 9.69 Å². The highest BCUT2D eigenvalue weighted by atomic mass is 16.5. The Hall–Kier alpha value is -1.73. The predicted molar refractivity (Wildman–Crippen MR) is 85.0 cm³/mol. The number of amides is 1. The highest BCUT2D eigenvalue weighted by Gasteiger charge is 2.16. The molecule has 2 rings (SSSR count). The summed E-state index contributed by atoms with van der Waals surface area (Å²) >= 11 is 0. The van der Waals surface area contributed by atoms with Crippen molar-refractivity contribution in [3.63, 3.8) is 0 Å². The average Bonchev–Trinajstić information content (AvgIpc) is 2.47. The van der Waals surface area contributed by atoms with Crippen LogP contribution in [0.15, 0.2) is 12.1 Å². The summed E-state index contributed by atoms with van der Waals surface area (Å²) < 4.78 is 5.31. The molecule has 0 saturated carbocycles. The molecule has 0 unspecified atom stereocenters. The monoisotopic (exact) mass is 307 g/mol. The van der Waals surface area contributed by atoms with E-state index in [0.29, 0.717) is 11.5 Å². The lowest BCUT2D eigenvalue weighted by Crippen LogP contribution is -2.41. The molecule has 22 heavy (non-hydrogen) atoms. The number of anilines is 1. The lowest BCUT2D eigenvalue weighted by atomic mass is 10.1. The molecule has 1 aliphatic rings. The van der Waals surface area contributed by atoms with Gasteiger partial charge < -0.3 is 15.4 Å². The molecule has 0 bridgehead atoms. The minimum Gasteiger partial charge on any atom is -0.379 e. The number of ether oxygens (including phenoxy) is 1. The third-order valence-corrected chi connectivity index (χ3v) is 3.22. The SMILES string of the molecule is CC(C)(C)NC(=O)c1ccc(NCCN2CCOCC2)nn1. The molecular weight excluding hydrogens is 282 g/mol.